The van der Waals surface area contributed by atoms with E-state index in [-0.39, 0.29) is 11.2 Å². The van der Waals surface area contributed by atoms with Crippen LogP contribution in [0.3, 0.4) is 0 Å². The van der Waals surface area contributed by atoms with E-state index >= 15 is 0 Å². The van der Waals surface area contributed by atoms with E-state index in [1.807, 2.05) is 13.0 Å². The Hall–Kier alpha value is -0.890. The van der Waals surface area contributed by atoms with E-state index in [1.165, 1.54) is 24.8 Å². The first-order valence-corrected chi connectivity index (χ1v) is 9.93. The highest BCUT2D eigenvalue weighted by molar-refractivity contribution is 6.01. The predicted octanol–water partition coefficient (Wildman–Crippen LogP) is 5.07. The Morgan fingerprint density at radius 1 is 1.33 bits per heavy atom. The highest BCUT2D eigenvalue weighted by atomic mass is 16.3. The summed E-state index contributed by atoms with van der Waals surface area (Å²) in [4.78, 5) is 11.8. The lowest BCUT2D eigenvalue weighted by Gasteiger charge is -2.55. The van der Waals surface area contributed by atoms with Crippen molar-refractivity contribution < 1.29 is 9.90 Å². The maximum Gasteiger partial charge on any atom is 0.178 e. The van der Waals surface area contributed by atoms with E-state index in [0.717, 1.165) is 37.5 Å². The van der Waals surface area contributed by atoms with E-state index in [4.69, 9.17) is 0 Å². The number of carbonyl (C=O) groups excluding carboxylic acids is 1. The Bertz CT molecular complexity index is 556. The van der Waals surface area contributed by atoms with Crippen molar-refractivity contribution in [2.24, 2.45) is 29.1 Å². The second-order valence-corrected chi connectivity index (χ2v) is 9.12. The normalized spacial score (nSPS) is 41.2. The molecule has 3 aliphatic rings. The van der Waals surface area contributed by atoms with Crippen molar-refractivity contribution in [2.45, 2.75) is 78.2 Å². The highest BCUT2D eigenvalue weighted by Crippen LogP contribution is 2.59. The molecule has 5 unspecified atom stereocenters. The van der Waals surface area contributed by atoms with Crippen molar-refractivity contribution in [3.05, 3.63) is 23.8 Å². The fourth-order valence-electron chi connectivity index (χ4n) is 5.79. The van der Waals surface area contributed by atoms with Crippen molar-refractivity contribution in [3.63, 3.8) is 0 Å². The summed E-state index contributed by atoms with van der Waals surface area (Å²) in [7, 11) is 0. The van der Waals surface area contributed by atoms with Gasteiger partial charge in [0.15, 0.2) is 5.78 Å². The van der Waals surface area contributed by atoms with Crippen LogP contribution in [0.5, 0.6) is 0 Å². The molecule has 2 saturated carbocycles. The van der Waals surface area contributed by atoms with Crippen LogP contribution in [-0.4, -0.2) is 16.5 Å². The molecule has 24 heavy (non-hydrogen) atoms. The second kappa shape index (κ2) is 6.44. The maximum absolute atomic E-state index is 11.8. The molecular weight excluding hydrogens is 296 g/mol. The maximum atomic E-state index is 11.8. The van der Waals surface area contributed by atoms with Gasteiger partial charge in [0, 0.05) is 5.41 Å². The summed E-state index contributed by atoms with van der Waals surface area (Å²) in [6.07, 6.45) is 13.7. The Morgan fingerprint density at radius 3 is 2.79 bits per heavy atom. The van der Waals surface area contributed by atoms with E-state index in [1.54, 1.807) is 6.08 Å². The Balaban J connectivity index is 1.81. The van der Waals surface area contributed by atoms with Crippen LogP contribution in [0, 0.1) is 29.1 Å². The van der Waals surface area contributed by atoms with E-state index in [2.05, 4.69) is 26.8 Å². The minimum Gasteiger partial charge on any atom is -0.390 e. The summed E-state index contributed by atoms with van der Waals surface area (Å²) in [6.45, 7) is 8.83. The summed E-state index contributed by atoms with van der Waals surface area (Å²) in [5, 5.41) is 10.4. The van der Waals surface area contributed by atoms with Gasteiger partial charge in [0.2, 0.25) is 0 Å². The second-order valence-electron chi connectivity index (χ2n) is 9.12. The van der Waals surface area contributed by atoms with Crippen LogP contribution in [-0.2, 0) is 4.79 Å². The van der Waals surface area contributed by atoms with Gasteiger partial charge in [0.25, 0.3) is 0 Å². The summed E-state index contributed by atoms with van der Waals surface area (Å²) < 4.78 is 0. The van der Waals surface area contributed by atoms with Crippen LogP contribution in [0.25, 0.3) is 0 Å². The van der Waals surface area contributed by atoms with Crippen molar-refractivity contribution >= 4 is 5.78 Å². The largest absolute Gasteiger partial charge is 0.390 e. The van der Waals surface area contributed by atoms with Crippen molar-refractivity contribution in [1.29, 1.82) is 0 Å². The average molecular weight is 331 g/mol. The van der Waals surface area contributed by atoms with Crippen LogP contribution in [0.4, 0.5) is 0 Å². The zero-order valence-electron chi connectivity index (χ0n) is 15.8. The minimum atomic E-state index is -0.515. The molecule has 0 heterocycles. The molecule has 0 aromatic heterocycles. The molecule has 3 rings (SSSR count). The Kier molecular flexibility index (Phi) is 4.81. The minimum absolute atomic E-state index is 0.0716. The topological polar surface area (TPSA) is 37.3 Å². The zero-order chi connectivity index (χ0) is 17.5. The molecule has 3 aliphatic carbocycles. The van der Waals surface area contributed by atoms with Gasteiger partial charge in [-0.15, -0.1) is 0 Å². The third-order valence-electron chi connectivity index (χ3n) is 7.53. The monoisotopic (exact) mass is 330 g/mol. The third-order valence-corrected chi connectivity index (χ3v) is 7.53. The van der Waals surface area contributed by atoms with Gasteiger partial charge >= 0.3 is 0 Å². The van der Waals surface area contributed by atoms with Gasteiger partial charge < -0.3 is 5.11 Å². The van der Waals surface area contributed by atoms with E-state index in [0.29, 0.717) is 11.8 Å². The lowest BCUT2D eigenvalue weighted by Crippen LogP contribution is -2.47. The molecule has 1 N–H and O–H groups in total. The van der Waals surface area contributed by atoms with Crippen molar-refractivity contribution in [2.75, 3.05) is 0 Å². The molecule has 2 nitrogen and oxygen atoms in total. The molecular formula is C22H34O2. The SMILES string of the molecule is CC[C@](C)(O)CCC1CCC(C)C2C1CCC1=CC(=O)C=CC12C. The van der Waals surface area contributed by atoms with Gasteiger partial charge in [-0.1, -0.05) is 38.8 Å². The van der Waals surface area contributed by atoms with Crippen LogP contribution < -0.4 is 0 Å². The third kappa shape index (κ3) is 3.14. The van der Waals surface area contributed by atoms with Gasteiger partial charge in [-0.05, 0) is 81.3 Å². The van der Waals surface area contributed by atoms with E-state index < -0.39 is 5.60 Å². The molecule has 0 amide bonds. The molecule has 0 bridgehead atoms. The number of allylic oxidation sites excluding steroid dienone is 4. The first-order valence-electron chi connectivity index (χ1n) is 9.93. The lowest BCUT2D eigenvalue weighted by atomic mass is 9.49. The summed E-state index contributed by atoms with van der Waals surface area (Å²) in [5.74, 6) is 2.99. The molecule has 2 heteroatoms. The number of hydrogen-bond acceptors (Lipinski definition) is 2. The molecule has 6 atom stereocenters. The highest BCUT2D eigenvalue weighted by Gasteiger charge is 2.51. The van der Waals surface area contributed by atoms with Gasteiger partial charge in [-0.25, -0.2) is 0 Å². The number of fused-ring (bicyclic) bond motifs is 3. The van der Waals surface area contributed by atoms with Gasteiger partial charge in [0.05, 0.1) is 5.60 Å². The fraction of sp³-hybridized carbons (Fsp3) is 0.773. The molecule has 0 aliphatic heterocycles. The average Bonchev–Trinajstić information content (AvgIpc) is 2.54. The number of rotatable bonds is 4. The van der Waals surface area contributed by atoms with Gasteiger partial charge in [-0.2, -0.15) is 0 Å². The Morgan fingerprint density at radius 2 is 2.08 bits per heavy atom. The van der Waals surface area contributed by atoms with Crippen molar-refractivity contribution in [1.82, 2.24) is 0 Å². The fourth-order valence-corrected chi connectivity index (χ4v) is 5.79. The predicted molar refractivity (Wildman–Crippen MR) is 98.6 cm³/mol. The standard InChI is InChI=1S/C22H34O2/c1-5-21(3,24)12-10-16-7-6-15(2)20-19(16)9-8-17-14-18(23)11-13-22(17,20)4/h11,13-16,19-20,24H,5-10,12H2,1-4H3/t15?,16?,19?,20?,21-,22?/m0/s1. The van der Waals surface area contributed by atoms with E-state index in [9.17, 15) is 9.90 Å². The van der Waals surface area contributed by atoms with Gasteiger partial charge in [0.1, 0.15) is 0 Å². The molecule has 2 fully saturated rings. The smallest absolute Gasteiger partial charge is 0.178 e. The summed E-state index contributed by atoms with van der Waals surface area (Å²) >= 11 is 0. The zero-order valence-corrected chi connectivity index (χ0v) is 15.8. The first-order chi connectivity index (χ1) is 11.3. The number of carbonyl (C=O) groups is 1. The van der Waals surface area contributed by atoms with Crippen LogP contribution in [0.15, 0.2) is 23.8 Å². The summed E-state index contributed by atoms with van der Waals surface area (Å²) in [6, 6.07) is 0. The van der Waals surface area contributed by atoms with Crippen molar-refractivity contribution in [3.8, 4) is 0 Å². The lowest BCUT2D eigenvalue weighted by molar-refractivity contribution is -0.111. The molecule has 134 valence electrons. The molecule has 0 spiro atoms. The van der Waals surface area contributed by atoms with Crippen LogP contribution >= 0.6 is 0 Å². The molecule has 0 saturated heterocycles. The summed E-state index contributed by atoms with van der Waals surface area (Å²) in [5.41, 5.74) is 0.922. The Labute approximate surface area is 147 Å². The molecule has 0 aromatic rings. The van der Waals surface area contributed by atoms with Crippen LogP contribution in [0.1, 0.15) is 72.6 Å². The quantitative estimate of drug-likeness (QED) is 0.781. The van der Waals surface area contributed by atoms with Crippen LogP contribution in [0.2, 0.25) is 0 Å². The molecule has 0 aromatic carbocycles. The van der Waals surface area contributed by atoms with Gasteiger partial charge in [-0.3, -0.25) is 4.79 Å². The first kappa shape index (κ1) is 17.9. The number of hydrogen-bond donors (Lipinski definition) is 1. The number of ketones is 1. The number of aliphatic hydroxyl groups is 1. The molecule has 0 radical (unpaired) electrons.